The highest BCUT2D eigenvalue weighted by molar-refractivity contribution is 7.89. The molecule has 0 bridgehead atoms. The summed E-state index contributed by atoms with van der Waals surface area (Å²) in [6.07, 6.45) is 1.71. The van der Waals surface area contributed by atoms with Gasteiger partial charge in [0.1, 0.15) is 5.82 Å². The normalized spacial score (nSPS) is 17.4. The predicted molar refractivity (Wildman–Crippen MR) is 118 cm³/mol. The monoisotopic (exact) mass is 478 g/mol. The van der Waals surface area contributed by atoms with Gasteiger partial charge in [0, 0.05) is 30.1 Å². The first-order valence-corrected chi connectivity index (χ1v) is 12.5. The summed E-state index contributed by atoms with van der Waals surface area (Å²) in [6, 6.07) is 7.19. The highest BCUT2D eigenvalue weighted by Crippen LogP contribution is 2.35. The van der Waals surface area contributed by atoms with Crippen molar-refractivity contribution in [3.8, 4) is 10.7 Å². The van der Waals surface area contributed by atoms with Gasteiger partial charge in [0.05, 0.1) is 15.7 Å². The average molecular weight is 479 g/mol. The summed E-state index contributed by atoms with van der Waals surface area (Å²) >= 11 is 1.29. The molecule has 1 unspecified atom stereocenters. The molecule has 1 N–H and O–H groups in total. The Labute approximate surface area is 189 Å². The van der Waals surface area contributed by atoms with Crippen LogP contribution in [0.4, 0.5) is 10.1 Å². The molecule has 8 nitrogen and oxygen atoms in total. The summed E-state index contributed by atoms with van der Waals surface area (Å²) in [5.74, 6) is -0.449. The van der Waals surface area contributed by atoms with Gasteiger partial charge in [-0.05, 0) is 44.0 Å². The third kappa shape index (κ3) is 4.59. The first-order chi connectivity index (χ1) is 15.3. The third-order valence-corrected chi connectivity index (χ3v) is 8.50. The van der Waals surface area contributed by atoms with Crippen molar-refractivity contribution in [1.29, 1.82) is 0 Å². The fourth-order valence-corrected chi connectivity index (χ4v) is 6.66. The number of thiophene rings is 1. The van der Waals surface area contributed by atoms with Gasteiger partial charge < -0.3 is 9.84 Å². The summed E-state index contributed by atoms with van der Waals surface area (Å²) in [6.45, 7) is 4.03. The van der Waals surface area contributed by atoms with Crippen LogP contribution in [0.2, 0.25) is 0 Å². The molecule has 1 saturated heterocycles. The number of piperidine rings is 1. The van der Waals surface area contributed by atoms with E-state index in [1.807, 2.05) is 6.92 Å². The number of rotatable bonds is 6. The second kappa shape index (κ2) is 9.08. The lowest BCUT2D eigenvalue weighted by Gasteiger charge is -2.31. The van der Waals surface area contributed by atoms with Gasteiger partial charge >= 0.3 is 0 Å². The van der Waals surface area contributed by atoms with E-state index in [-0.39, 0.29) is 17.3 Å². The highest BCUT2D eigenvalue weighted by atomic mass is 32.2. The van der Waals surface area contributed by atoms with E-state index in [4.69, 9.17) is 4.52 Å². The number of halogens is 1. The number of hydrogen-bond donors (Lipinski definition) is 1. The first kappa shape index (κ1) is 22.6. The lowest BCUT2D eigenvalue weighted by molar-refractivity contribution is -0.120. The molecule has 11 heteroatoms. The van der Waals surface area contributed by atoms with Crippen LogP contribution in [0.25, 0.3) is 10.7 Å². The van der Waals surface area contributed by atoms with Crippen LogP contribution < -0.4 is 5.32 Å². The van der Waals surface area contributed by atoms with Crippen molar-refractivity contribution in [3.63, 3.8) is 0 Å². The van der Waals surface area contributed by atoms with Crippen LogP contribution in [0.15, 0.2) is 39.8 Å². The summed E-state index contributed by atoms with van der Waals surface area (Å²) in [5.41, 5.74) is 0.347. The Morgan fingerprint density at radius 3 is 2.91 bits per heavy atom. The molecule has 4 rings (SSSR count). The molecule has 1 fully saturated rings. The molecule has 1 amide bonds. The van der Waals surface area contributed by atoms with Crippen molar-refractivity contribution in [2.45, 2.75) is 38.0 Å². The lowest BCUT2D eigenvalue weighted by Crippen LogP contribution is -2.43. The Morgan fingerprint density at radius 2 is 2.19 bits per heavy atom. The van der Waals surface area contributed by atoms with Gasteiger partial charge in [0.25, 0.3) is 0 Å². The molecule has 3 heterocycles. The largest absolute Gasteiger partial charge is 0.339 e. The number of nitrogens with zero attached hydrogens (tertiary/aromatic N) is 3. The Bertz CT molecular complexity index is 1240. The van der Waals surface area contributed by atoms with Crippen LogP contribution in [-0.2, 0) is 21.2 Å². The average Bonchev–Trinajstić information content (AvgIpc) is 3.40. The molecule has 0 radical (unpaired) electrons. The third-order valence-electron chi connectivity index (χ3n) is 5.33. The SMILES string of the molecule is CCc1nc(-c2cc(S(=O)(=O)N3CCCC(C(=O)Nc4cccc(F)c4)C3)c(C)s2)no1. The van der Waals surface area contributed by atoms with Crippen molar-refractivity contribution in [1.82, 2.24) is 14.4 Å². The van der Waals surface area contributed by atoms with Gasteiger partial charge in [-0.15, -0.1) is 11.3 Å². The van der Waals surface area contributed by atoms with Crippen molar-refractivity contribution in [2.75, 3.05) is 18.4 Å². The molecule has 1 atom stereocenters. The van der Waals surface area contributed by atoms with Gasteiger partial charge in [-0.25, -0.2) is 12.8 Å². The van der Waals surface area contributed by atoms with E-state index < -0.39 is 21.8 Å². The van der Waals surface area contributed by atoms with Crippen LogP contribution >= 0.6 is 11.3 Å². The van der Waals surface area contributed by atoms with Gasteiger partial charge in [-0.1, -0.05) is 18.1 Å². The zero-order chi connectivity index (χ0) is 22.9. The minimum Gasteiger partial charge on any atom is -0.339 e. The number of carbonyl (C=O) groups is 1. The number of aryl methyl sites for hydroxylation is 2. The number of nitrogens with one attached hydrogen (secondary N) is 1. The second-order valence-electron chi connectivity index (χ2n) is 7.60. The fourth-order valence-electron chi connectivity index (χ4n) is 3.65. The molecule has 1 aromatic carbocycles. The van der Waals surface area contributed by atoms with E-state index in [1.165, 1.54) is 33.8 Å². The molecule has 1 aliphatic heterocycles. The second-order valence-corrected chi connectivity index (χ2v) is 10.8. The molecule has 170 valence electrons. The van der Waals surface area contributed by atoms with Crippen LogP contribution in [0.3, 0.4) is 0 Å². The number of benzene rings is 1. The molecule has 0 spiro atoms. The van der Waals surface area contributed by atoms with Gasteiger partial charge in [-0.2, -0.15) is 9.29 Å². The standard InChI is InChI=1S/C21H23FN4O4S2/c1-3-19-24-20(25-30-19)17-11-18(13(2)31-17)32(28,29)26-9-5-6-14(12-26)21(27)23-16-8-4-7-15(22)10-16/h4,7-8,10-11,14H,3,5-6,9,12H2,1-2H3,(H,23,27). The van der Waals surface area contributed by atoms with Crippen LogP contribution in [-0.4, -0.2) is 41.9 Å². The minimum absolute atomic E-state index is 0.0658. The minimum atomic E-state index is -3.81. The zero-order valence-corrected chi connectivity index (χ0v) is 19.3. The van der Waals surface area contributed by atoms with Gasteiger partial charge in [0.2, 0.25) is 27.6 Å². The quantitative estimate of drug-likeness (QED) is 0.577. The van der Waals surface area contributed by atoms with E-state index in [0.29, 0.717) is 53.0 Å². The fraction of sp³-hybridized carbons (Fsp3) is 0.381. The summed E-state index contributed by atoms with van der Waals surface area (Å²) in [4.78, 5) is 18.4. The van der Waals surface area contributed by atoms with Crippen molar-refractivity contribution in [3.05, 3.63) is 46.9 Å². The maximum Gasteiger partial charge on any atom is 0.244 e. The Morgan fingerprint density at radius 1 is 1.38 bits per heavy atom. The van der Waals surface area contributed by atoms with Crippen molar-refractivity contribution in [2.24, 2.45) is 5.92 Å². The first-order valence-electron chi connectivity index (χ1n) is 10.3. The molecule has 32 heavy (non-hydrogen) atoms. The van der Waals surface area contributed by atoms with Crippen molar-refractivity contribution < 1.29 is 22.1 Å². The molecular formula is C21H23FN4O4S2. The number of sulfonamides is 1. The Hall–Kier alpha value is -2.63. The van der Waals surface area contributed by atoms with Crippen LogP contribution in [0, 0.1) is 18.7 Å². The van der Waals surface area contributed by atoms with E-state index in [0.717, 1.165) is 0 Å². The predicted octanol–water partition coefficient (Wildman–Crippen LogP) is 3.85. The Balaban J connectivity index is 1.52. The number of amides is 1. The van der Waals surface area contributed by atoms with E-state index in [2.05, 4.69) is 15.5 Å². The van der Waals surface area contributed by atoms with E-state index in [9.17, 15) is 17.6 Å². The number of aromatic nitrogens is 2. The topological polar surface area (TPSA) is 105 Å². The highest BCUT2D eigenvalue weighted by Gasteiger charge is 2.35. The molecular weight excluding hydrogens is 455 g/mol. The number of anilines is 1. The summed E-state index contributed by atoms with van der Waals surface area (Å²) in [5, 5.41) is 6.61. The smallest absolute Gasteiger partial charge is 0.244 e. The Kier molecular flexibility index (Phi) is 6.40. The van der Waals surface area contributed by atoms with Crippen molar-refractivity contribution >= 4 is 33.0 Å². The molecule has 3 aromatic rings. The molecule has 2 aromatic heterocycles. The summed E-state index contributed by atoms with van der Waals surface area (Å²) in [7, 11) is -3.81. The lowest BCUT2D eigenvalue weighted by atomic mass is 9.99. The van der Waals surface area contributed by atoms with Crippen LogP contribution in [0.1, 0.15) is 30.5 Å². The molecule has 1 aliphatic rings. The maximum atomic E-state index is 13.4. The molecule has 0 saturated carbocycles. The maximum absolute atomic E-state index is 13.4. The van der Waals surface area contributed by atoms with E-state index in [1.54, 1.807) is 19.1 Å². The van der Waals surface area contributed by atoms with Crippen LogP contribution in [0.5, 0.6) is 0 Å². The number of hydrogen-bond acceptors (Lipinski definition) is 7. The van der Waals surface area contributed by atoms with E-state index >= 15 is 0 Å². The van der Waals surface area contributed by atoms with Gasteiger partial charge in [-0.3, -0.25) is 4.79 Å². The number of carbonyl (C=O) groups excluding carboxylic acids is 1. The summed E-state index contributed by atoms with van der Waals surface area (Å²) < 4.78 is 46.6. The van der Waals surface area contributed by atoms with Gasteiger partial charge in [0.15, 0.2) is 0 Å². The zero-order valence-electron chi connectivity index (χ0n) is 17.7. The molecule has 0 aliphatic carbocycles.